The summed E-state index contributed by atoms with van der Waals surface area (Å²) in [4.78, 5) is 18.8. The highest BCUT2D eigenvalue weighted by molar-refractivity contribution is 5.85. The molecule has 2 N–H and O–H groups in total. The number of hydrogen-bond donors (Lipinski definition) is 2. The topological polar surface area (TPSA) is 102 Å². The van der Waals surface area contributed by atoms with Crippen LogP contribution in [0.2, 0.25) is 0 Å². The molecule has 6 atom stereocenters. The molecule has 10 rings (SSSR count). The van der Waals surface area contributed by atoms with Gasteiger partial charge in [-0.05, 0) is 48.9 Å². The summed E-state index contributed by atoms with van der Waals surface area (Å²) in [6, 6.07) is 23.0. The average molecular weight is 605 g/mol. The van der Waals surface area contributed by atoms with Gasteiger partial charge in [0.15, 0.2) is 0 Å². The van der Waals surface area contributed by atoms with Crippen molar-refractivity contribution in [1.29, 1.82) is 0 Å². The molecule has 0 saturated carbocycles. The Bertz CT molecular complexity index is 2170. The number of rotatable bonds is 3. The third kappa shape index (κ3) is 3.56. The molecule has 226 valence electrons. The second kappa shape index (κ2) is 9.79. The van der Waals surface area contributed by atoms with Crippen molar-refractivity contribution >= 4 is 0 Å². The summed E-state index contributed by atoms with van der Waals surface area (Å²) in [6.07, 6.45) is 11.6. The first-order valence-corrected chi connectivity index (χ1v) is 16.2. The van der Waals surface area contributed by atoms with E-state index in [9.17, 15) is 10.2 Å². The fourth-order valence-corrected chi connectivity index (χ4v) is 9.04. The van der Waals surface area contributed by atoms with Crippen molar-refractivity contribution in [1.82, 2.24) is 29.1 Å². The van der Waals surface area contributed by atoms with Crippen molar-refractivity contribution in [3.63, 3.8) is 0 Å². The van der Waals surface area contributed by atoms with Crippen LogP contribution in [0.1, 0.15) is 70.8 Å². The lowest BCUT2D eigenvalue weighted by Crippen LogP contribution is -2.29. The molecule has 0 spiro atoms. The molecule has 8 heteroatoms. The van der Waals surface area contributed by atoms with Gasteiger partial charge in [0.2, 0.25) is 0 Å². The Balaban J connectivity index is 1.01. The third-order valence-corrected chi connectivity index (χ3v) is 11.1. The lowest BCUT2D eigenvalue weighted by atomic mass is 9.76. The van der Waals surface area contributed by atoms with Crippen LogP contribution in [0, 0.1) is 11.8 Å². The third-order valence-electron chi connectivity index (χ3n) is 11.1. The van der Waals surface area contributed by atoms with Gasteiger partial charge in [0.1, 0.15) is 0 Å². The zero-order valence-electron chi connectivity index (χ0n) is 25.1. The normalized spacial score (nSPS) is 25.3. The highest BCUT2D eigenvalue weighted by Crippen LogP contribution is 2.53. The van der Waals surface area contributed by atoms with Gasteiger partial charge in [-0.3, -0.25) is 9.97 Å². The van der Waals surface area contributed by atoms with E-state index in [4.69, 9.17) is 4.98 Å². The highest BCUT2D eigenvalue weighted by Gasteiger charge is 2.43. The molecular weight excluding hydrogens is 572 g/mol. The minimum atomic E-state index is -0.630. The predicted octanol–water partition coefficient (Wildman–Crippen LogP) is 6.27. The van der Waals surface area contributed by atoms with Gasteiger partial charge in [-0.1, -0.05) is 54.6 Å². The number of hydrogen-bond acceptors (Lipinski definition) is 6. The zero-order chi connectivity index (χ0) is 30.5. The van der Waals surface area contributed by atoms with Crippen LogP contribution in [0.5, 0.6) is 0 Å². The van der Waals surface area contributed by atoms with Crippen LogP contribution in [-0.2, 0) is 12.8 Å². The molecule has 2 aromatic carbocycles. The highest BCUT2D eigenvalue weighted by atomic mass is 16.3. The first kappa shape index (κ1) is 26.3. The van der Waals surface area contributed by atoms with Crippen LogP contribution in [-0.4, -0.2) is 39.3 Å². The molecule has 6 aromatic rings. The molecule has 0 unspecified atom stereocenters. The Labute approximate surface area is 266 Å². The fraction of sp³-hybridized carbons (Fsp3) is 0.263. The Hall–Kier alpha value is -4.92. The quantitative estimate of drug-likeness (QED) is 0.247. The first-order chi connectivity index (χ1) is 22.7. The minimum absolute atomic E-state index is 0.00135. The SMILES string of the molecule is O[C@@H]1c2cccnc2CC[C@H]1[C@@H]1c2cccc(-c3ccc4c(n3)CC[C@@H]([C@@H]3c5ccccc5-c5cncn53)[C@H]4O)c2-c2cncn21. The fourth-order valence-electron chi connectivity index (χ4n) is 9.04. The molecule has 0 amide bonds. The van der Waals surface area contributed by atoms with Gasteiger partial charge < -0.3 is 19.3 Å². The van der Waals surface area contributed by atoms with Gasteiger partial charge in [-0.15, -0.1) is 0 Å². The molecule has 46 heavy (non-hydrogen) atoms. The molecule has 8 nitrogen and oxygen atoms in total. The lowest BCUT2D eigenvalue weighted by Gasteiger charge is -2.35. The maximum Gasteiger partial charge on any atom is 0.0956 e. The lowest BCUT2D eigenvalue weighted by molar-refractivity contribution is 0.0709. The number of pyridine rings is 2. The van der Waals surface area contributed by atoms with Crippen LogP contribution >= 0.6 is 0 Å². The van der Waals surface area contributed by atoms with Crippen LogP contribution in [0.4, 0.5) is 0 Å². The smallest absolute Gasteiger partial charge is 0.0956 e. The number of aromatic nitrogens is 6. The van der Waals surface area contributed by atoms with Gasteiger partial charge in [0.05, 0.1) is 66.4 Å². The monoisotopic (exact) mass is 604 g/mol. The maximum atomic E-state index is 11.8. The van der Waals surface area contributed by atoms with Gasteiger partial charge in [0, 0.05) is 57.2 Å². The van der Waals surface area contributed by atoms with Gasteiger partial charge in [-0.25, -0.2) is 9.97 Å². The number of benzene rings is 2. The number of fused-ring (bicyclic) bond motifs is 8. The van der Waals surface area contributed by atoms with Crippen molar-refractivity contribution in [3.05, 3.63) is 132 Å². The molecule has 4 aromatic heterocycles. The molecule has 0 saturated heterocycles. The number of aliphatic hydroxyl groups is 2. The summed E-state index contributed by atoms with van der Waals surface area (Å²) in [5.41, 5.74) is 12.7. The van der Waals surface area contributed by atoms with E-state index in [0.717, 1.165) is 76.4 Å². The first-order valence-electron chi connectivity index (χ1n) is 16.2. The Morgan fingerprint density at radius 3 is 2.11 bits per heavy atom. The van der Waals surface area contributed by atoms with Crippen LogP contribution in [0.15, 0.2) is 98.0 Å². The molecule has 0 fully saturated rings. The second-order valence-electron chi connectivity index (χ2n) is 13.2. The van der Waals surface area contributed by atoms with Crippen LogP contribution < -0.4 is 0 Å². The number of aliphatic hydroxyl groups excluding tert-OH is 2. The average Bonchev–Trinajstić information content (AvgIpc) is 3.88. The van der Waals surface area contributed by atoms with Crippen LogP contribution in [0.3, 0.4) is 0 Å². The summed E-state index contributed by atoms with van der Waals surface area (Å²) < 4.78 is 4.47. The number of imidazole rings is 2. The Morgan fingerprint density at radius 1 is 0.609 bits per heavy atom. The molecule has 6 heterocycles. The largest absolute Gasteiger partial charge is 0.388 e. The van der Waals surface area contributed by atoms with Crippen molar-refractivity contribution in [2.24, 2.45) is 11.8 Å². The van der Waals surface area contributed by atoms with Gasteiger partial charge in [0.25, 0.3) is 0 Å². The second-order valence-corrected chi connectivity index (χ2v) is 13.2. The van der Waals surface area contributed by atoms with E-state index in [1.807, 2.05) is 43.4 Å². The van der Waals surface area contributed by atoms with E-state index in [2.05, 4.69) is 78.7 Å². The summed E-state index contributed by atoms with van der Waals surface area (Å²) in [7, 11) is 0. The molecule has 0 bridgehead atoms. The Kier molecular flexibility index (Phi) is 5.60. The summed E-state index contributed by atoms with van der Waals surface area (Å²) in [5.74, 6) is 0.0246. The van der Waals surface area contributed by atoms with Crippen molar-refractivity contribution in [3.8, 4) is 33.8 Å². The maximum absolute atomic E-state index is 11.8. The standard InChI is InChI=1S/C38H32N6O2/c45-37-24-9-4-16-41-29(24)13-11-28(37)36-26-8-3-7-23(34(26)33-18-40-20-44(33)36)30-14-10-25-31(42-30)15-12-27(38(25)46)35-22-6-2-1-5-21(22)32-17-39-19-43(32)35/h1-10,14,16-20,27-28,35-38,45-46H,11-13,15H2/t27-,28-,35-,36-,37+,38-/m0/s1. The van der Waals surface area contributed by atoms with E-state index in [1.165, 1.54) is 16.7 Å². The molecule has 2 aliphatic carbocycles. The number of aryl methyl sites for hydroxylation is 2. The van der Waals surface area contributed by atoms with Gasteiger partial charge >= 0.3 is 0 Å². The Morgan fingerprint density at radius 2 is 1.26 bits per heavy atom. The summed E-state index contributed by atoms with van der Waals surface area (Å²) in [5, 5.41) is 23.4. The van der Waals surface area contributed by atoms with E-state index in [1.54, 1.807) is 0 Å². The van der Waals surface area contributed by atoms with E-state index >= 15 is 0 Å². The molecular formula is C38H32N6O2. The summed E-state index contributed by atoms with van der Waals surface area (Å²) in [6.45, 7) is 0. The van der Waals surface area contributed by atoms with Gasteiger partial charge in [-0.2, -0.15) is 0 Å². The zero-order valence-corrected chi connectivity index (χ0v) is 25.1. The minimum Gasteiger partial charge on any atom is -0.388 e. The number of nitrogens with zero attached hydrogens (tertiary/aromatic N) is 6. The van der Waals surface area contributed by atoms with Crippen molar-refractivity contribution in [2.45, 2.75) is 50.0 Å². The van der Waals surface area contributed by atoms with E-state index in [-0.39, 0.29) is 23.9 Å². The van der Waals surface area contributed by atoms with Crippen molar-refractivity contribution < 1.29 is 10.2 Å². The predicted molar refractivity (Wildman–Crippen MR) is 173 cm³/mol. The summed E-state index contributed by atoms with van der Waals surface area (Å²) >= 11 is 0. The van der Waals surface area contributed by atoms with E-state index < -0.39 is 12.2 Å². The van der Waals surface area contributed by atoms with E-state index in [0.29, 0.717) is 0 Å². The molecule has 4 aliphatic rings. The molecule has 0 radical (unpaired) electrons. The van der Waals surface area contributed by atoms with Crippen molar-refractivity contribution in [2.75, 3.05) is 0 Å². The molecule has 2 aliphatic heterocycles. The van der Waals surface area contributed by atoms with Crippen LogP contribution in [0.25, 0.3) is 33.8 Å².